The number of fused-ring (bicyclic) bond motifs is 10. The molecule has 1 spiro atoms. The van der Waals surface area contributed by atoms with Crippen molar-refractivity contribution in [2.75, 3.05) is 12.3 Å². The Morgan fingerprint density at radius 1 is 0.475 bits per heavy atom. The van der Waals surface area contributed by atoms with Crippen LogP contribution in [0.5, 0.6) is 0 Å². The molecule has 5 atom stereocenters. The summed E-state index contributed by atoms with van der Waals surface area (Å²) in [5, 5.41) is 3.51. The van der Waals surface area contributed by atoms with Crippen LogP contribution in [0.3, 0.4) is 0 Å². The molecule has 0 N–H and O–H groups in total. The van der Waals surface area contributed by atoms with Gasteiger partial charge in [0.05, 0.1) is 0 Å². The van der Waals surface area contributed by atoms with Crippen LogP contribution in [0, 0.1) is 61.2 Å². The number of benzene rings is 4. The standard InChI is InChI=1S/C53H59P2.C5H5.Fe/c1-34-13-9-11-19-49(34)54(50-20-12-10-14-35(50)2)32-46-31-47(40-15-5-3-6-16-40)51(41-17-7-4-8-18-41)48(46)33-55(52-42-23-36-21-37(25-42)26-43(52)24-36)53-44-27-38-22-39(29-44)30-45(53)28-38;1-2-4-5-3-1;/h3-20,31,36-39,42-45,52-53H,21-30,32-33H2,1-2H3;1-5H;. The third-order valence-electron chi connectivity index (χ3n) is 30.9. The Kier molecular flexibility index (Phi) is 3.59. The van der Waals surface area contributed by atoms with Gasteiger partial charge >= 0.3 is 360 Å². The minimum absolute atomic E-state index is 0.0156. The van der Waals surface area contributed by atoms with Gasteiger partial charge in [-0.15, -0.1) is 0 Å². The number of hydrogen-bond donors (Lipinski definition) is 0. The van der Waals surface area contributed by atoms with Crippen molar-refractivity contribution in [2.24, 2.45) is 47.3 Å². The molecule has 18 fully saturated rings. The molecule has 5 unspecified atom stereocenters. The van der Waals surface area contributed by atoms with Gasteiger partial charge in [0.2, 0.25) is 0 Å². The van der Waals surface area contributed by atoms with Crippen molar-refractivity contribution < 1.29 is 6.51 Å². The van der Waals surface area contributed by atoms with E-state index in [9.17, 15) is 0 Å². The fraction of sp³-hybridized carbons (Fsp3) is 0.586. The summed E-state index contributed by atoms with van der Waals surface area (Å²) in [5.41, 5.74) is 9.28. The summed E-state index contributed by atoms with van der Waals surface area (Å²) in [4.78, 5) is 7.21. The fourth-order valence-corrected chi connectivity index (χ4v) is 129. The van der Waals surface area contributed by atoms with Crippen LogP contribution in [0.15, 0.2) is 109 Å². The summed E-state index contributed by atoms with van der Waals surface area (Å²) in [5.74, 6) is 8.74. The molecule has 3 heteroatoms. The van der Waals surface area contributed by atoms with Crippen LogP contribution < -0.4 is 10.6 Å². The van der Waals surface area contributed by atoms with E-state index in [1.807, 2.05) is 11.1 Å². The van der Waals surface area contributed by atoms with E-state index in [0.29, 0.717) is 17.3 Å². The Morgan fingerprint density at radius 2 is 0.885 bits per heavy atom. The Morgan fingerprint density at radius 3 is 1.31 bits per heavy atom. The maximum absolute atomic E-state index is 4.69. The van der Waals surface area contributed by atoms with Gasteiger partial charge in [0.15, 0.2) is 0 Å². The number of aryl methyl sites for hydroxylation is 2. The predicted molar refractivity (Wildman–Crippen MR) is 251 cm³/mol. The van der Waals surface area contributed by atoms with Crippen molar-refractivity contribution in [1.82, 2.24) is 0 Å². The van der Waals surface area contributed by atoms with Gasteiger partial charge in [-0.2, -0.15) is 0 Å². The maximum atomic E-state index is 2.82. The third kappa shape index (κ3) is 1.24. The van der Waals surface area contributed by atoms with E-state index in [1.54, 1.807) is 98.3 Å². The molecule has 0 amide bonds. The minimum atomic E-state index is -4.69. The van der Waals surface area contributed by atoms with E-state index in [4.69, 9.17) is 0 Å². The first-order valence-electron chi connectivity index (χ1n) is 25.7. The van der Waals surface area contributed by atoms with Crippen LogP contribution in [-0.2, 0) is 15.1 Å². The summed E-state index contributed by atoms with van der Waals surface area (Å²) in [6, 6.07) is 45.9. The first-order chi connectivity index (χ1) is 29.7. The zero-order chi connectivity index (χ0) is 39.4. The molecule has 18 aliphatic rings. The molecule has 0 aromatic heterocycles. The zero-order valence-corrected chi connectivity index (χ0v) is 39.3. The van der Waals surface area contributed by atoms with Crippen molar-refractivity contribution in [3.05, 3.63) is 131 Å². The van der Waals surface area contributed by atoms with E-state index < -0.39 is 14.4 Å². The van der Waals surface area contributed by atoms with Gasteiger partial charge < -0.3 is 0 Å². The van der Waals surface area contributed by atoms with Gasteiger partial charge in [-0.05, 0) is 0 Å². The van der Waals surface area contributed by atoms with E-state index >= 15 is 0 Å². The SMILES string of the molecule is Cc1ccccc1P(C[C]12[CH]3[C]4(c5ccccc5)[C]5(c6ccccc6)[C]1(CP(C1C6CC7CC(C6)CC1C7)C1C6CC7CC(C6)CC1C7)[Fe]32451678[CH]2[CH]1[CH]6[CH]7[CH]28)c1ccccc1C. The average molecular weight is 879 g/mol. The van der Waals surface area contributed by atoms with Crippen molar-refractivity contribution in [2.45, 2.75) is 136 Å². The summed E-state index contributed by atoms with van der Waals surface area (Å²) in [6.07, 6.45) is 19.8. The van der Waals surface area contributed by atoms with Crippen LogP contribution in [0.2, 0.25) is 37.5 Å². The van der Waals surface area contributed by atoms with Crippen LogP contribution in [0.1, 0.15) is 86.5 Å². The third-order valence-corrected chi connectivity index (χ3v) is 83.3. The molecule has 0 radical (unpaired) electrons. The molecule has 4 aromatic carbocycles. The van der Waals surface area contributed by atoms with E-state index in [0.717, 1.165) is 63.5 Å². The molecule has 10 heterocycles. The topological polar surface area (TPSA) is 0 Å². The van der Waals surface area contributed by atoms with Gasteiger partial charge in [-0.25, -0.2) is 0 Å². The van der Waals surface area contributed by atoms with Gasteiger partial charge in [0, 0.05) is 0 Å². The van der Waals surface area contributed by atoms with E-state index in [1.165, 1.54) is 24.1 Å². The molecular weight excluding hydrogens is 814 g/mol. The van der Waals surface area contributed by atoms with Crippen LogP contribution >= 0.6 is 15.8 Å². The molecule has 8 bridgehead atoms. The van der Waals surface area contributed by atoms with Crippen molar-refractivity contribution >= 4 is 26.5 Å². The Balaban J connectivity index is 0.885. The fourth-order valence-electron chi connectivity index (χ4n) is 33.9. The second-order valence-electron chi connectivity index (χ2n) is 27.6. The molecule has 10 aliphatic heterocycles. The van der Waals surface area contributed by atoms with E-state index in [2.05, 4.69) is 123 Å². The first-order valence-corrected chi connectivity index (χ1v) is 34.9. The predicted octanol–water partition coefficient (Wildman–Crippen LogP) is 14.2. The monoisotopic (exact) mass is 878 g/mol. The molecular formula is C58H64FeP2. The van der Waals surface area contributed by atoms with Gasteiger partial charge in [0.25, 0.3) is 0 Å². The van der Waals surface area contributed by atoms with Crippen molar-refractivity contribution in [1.29, 1.82) is 0 Å². The Labute approximate surface area is 357 Å². The van der Waals surface area contributed by atoms with Gasteiger partial charge in [-0.1, -0.05) is 0 Å². The van der Waals surface area contributed by atoms with Crippen LogP contribution in [0.4, 0.5) is 0 Å². The quantitative estimate of drug-likeness (QED) is 0.110. The molecule has 4 aromatic rings. The molecule has 8 saturated carbocycles. The van der Waals surface area contributed by atoms with Gasteiger partial charge in [-0.3, -0.25) is 0 Å². The van der Waals surface area contributed by atoms with Gasteiger partial charge in [0.1, 0.15) is 0 Å². The van der Waals surface area contributed by atoms with E-state index in [-0.39, 0.29) is 7.92 Å². The van der Waals surface area contributed by atoms with Crippen LogP contribution in [0.25, 0.3) is 0 Å². The second kappa shape index (κ2) is 6.67. The summed E-state index contributed by atoms with van der Waals surface area (Å²) in [7, 11) is -0.460. The summed E-state index contributed by atoms with van der Waals surface area (Å²) in [6.45, 7) is 0.297. The van der Waals surface area contributed by atoms with Crippen molar-refractivity contribution in [3.8, 4) is 0 Å². The Hall–Kier alpha value is -1.74. The molecule has 8 aliphatic carbocycles. The molecule has 61 heavy (non-hydrogen) atoms. The van der Waals surface area contributed by atoms with Crippen LogP contribution in [-0.4, -0.2) is 23.6 Å². The summed E-state index contributed by atoms with van der Waals surface area (Å²) < 4.78 is 2.55. The first kappa shape index (κ1) is 32.8. The number of rotatable bonds is 10. The molecule has 22 rings (SSSR count). The number of hydrogen-bond acceptors (Lipinski definition) is 0. The molecule has 10 saturated heterocycles. The van der Waals surface area contributed by atoms with Crippen molar-refractivity contribution in [3.63, 3.8) is 0 Å². The zero-order valence-electron chi connectivity index (χ0n) is 36.4. The summed E-state index contributed by atoms with van der Waals surface area (Å²) >= 11 is 0. The second-order valence-corrected chi connectivity index (χ2v) is 55.0. The Bertz CT molecular complexity index is 3000. The molecule has 314 valence electrons. The molecule has 0 nitrogen and oxygen atoms in total. The average Bonchev–Trinajstić information content (AvgIpc) is 4.23. The normalized spacial score (nSPS) is 63.9.